The smallest absolute Gasteiger partial charge is 0.263 e. The molecule has 0 spiro atoms. The highest BCUT2D eigenvalue weighted by Crippen LogP contribution is 2.28. The third-order valence-corrected chi connectivity index (χ3v) is 6.53. The van der Waals surface area contributed by atoms with E-state index in [9.17, 15) is 4.79 Å². The molecule has 3 heterocycles. The van der Waals surface area contributed by atoms with Gasteiger partial charge in [-0.2, -0.15) is 0 Å². The van der Waals surface area contributed by atoms with E-state index in [-0.39, 0.29) is 5.91 Å². The predicted molar refractivity (Wildman–Crippen MR) is 97.4 cm³/mol. The summed E-state index contributed by atoms with van der Waals surface area (Å²) in [5.41, 5.74) is 1.38. The second kappa shape index (κ2) is 7.80. The number of aryl methyl sites for hydroxylation is 2. The minimum absolute atomic E-state index is 0.274. The van der Waals surface area contributed by atoms with Gasteiger partial charge in [-0.05, 0) is 63.2 Å². The van der Waals surface area contributed by atoms with E-state index in [1.54, 1.807) is 11.3 Å². The maximum Gasteiger partial charge on any atom is 0.263 e. The van der Waals surface area contributed by atoms with Crippen LogP contribution in [-0.2, 0) is 12.8 Å². The molecule has 0 radical (unpaired) electrons. The van der Waals surface area contributed by atoms with Crippen molar-refractivity contribution >= 4 is 17.2 Å². The SMILES string of the molecule is CCCc1sc(C(=O)N2CCC[C@H](N3CCCC3)C2)cc1CC. The van der Waals surface area contributed by atoms with Crippen LogP contribution in [0.25, 0.3) is 0 Å². The van der Waals surface area contributed by atoms with Crippen molar-refractivity contribution in [2.24, 2.45) is 0 Å². The number of likely N-dealkylation sites (tertiary alicyclic amines) is 2. The lowest BCUT2D eigenvalue weighted by Gasteiger charge is -2.37. The van der Waals surface area contributed by atoms with Gasteiger partial charge >= 0.3 is 0 Å². The van der Waals surface area contributed by atoms with Crippen LogP contribution in [0.2, 0.25) is 0 Å². The van der Waals surface area contributed by atoms with Gasteiger partial charge in [-0.1, -0.05) is 20.3 Å². The fourth-order valence-electron chi connectivity index (χ4n) is 4.01. The largest absolute Gasteiger partial charge is 0.336 e. The Bertz CT molecular complexity index is 533. The molecule has 3 rings (SSSR count). The van der Waals surface area contributed by atoms with Gasteiger partial charge in [-0.15, -0.1) is 11.3 Å². The number of amides is 1. The van der Waals surface area contributed by atoms with Gasteiger partial charge in [0.25, 0.3) is 5.91 Å². The van der Waals surface area contributed by atoms with E-state index in [2.05, 4.69) is 29.7 Å². The van der Waals surface area contributed by atoms with Gasteiger partial charge in [-0.3, -0.25) is 9.69 Å². The van der Waals surface area contributed by atoms with E-state index >= 15 is 0 Å². The molecule has 1 aromatic heterocycles. The van der Waals surface area contributed by atoms with Crippen LogP contribution in [0.15, 0.2) is 6.07 Å². The third-order valence-electron chi connectivity index (χ3n) is 5.31. The van der Waals surface area contributed by atoms with Crippen molar-refractivity contribution < 1.29 is 4.79 Å². The molecule has 0 aliphatic carbocycles. The Morgan fingerprint density at radius 2 is 2.00 bits per heavy atom. The average molecular weight is 335 g/mol. The molecule has 1 amide bonds. The topological polar surface area (TPSA) is 23.6 Å². The molecule has 0 bridgehead atoms. The molecular formula is C19H30N2OS. The van der Waals surface area contributed by atoms with E-state index in [1.165, 1.54) is 42.8 Å². The van der Waals surface area contributed by atoms with Gasteiger partial charge in [0.05, 0.1) is 4.88 Å². The zero-order valence-corrected chi connectivity index (χ0v) is 15.5. The van der Waals surface area contributed by atoms with Crippen molar-refractivity contribution in [3.05, 3.63) is 21.4 Å². The summed E-state index contributed by atoms with van der Waals surface area (Å²) in [4.78, 5) is 20.1. The highest BCUT2D eigenvalue weighted by Gasteiger charge is 2.30. The Balaban J connectivity index is 1.69. The number of carbonyl (C=O) groups excluding carboxylic acids is 1. The number of hydrogen-bond acceptors (Lipinski definition) is 3. The maximum atomic E-state index is 13.0. The zero-order chi connectivity index (χ0) is 16.2. The zero-order valence-electron chi connectivity index (χ0n) is 14.6. The van der Waals surface area contributed by atoms with E-state index < -0.39 is 0 Å². The summed E-state index contributed by atoms with van der Waals surface area (Å²) in [5, 5.41) is 0. The number of rotatable bonds is 5. The molecule has 23 heavy (non-hydrogen) atoms. The molecule has 1 atom stereocenters. The first kappa shape index (κ1) is 17.0. The molecular weight excluding hydrogens is 304 g/mol. The summed E-state index contributed by atoms with van der Waals surface area (Å²) in [6.07, 6.45) is 8.37. The average Bonchev–Trinajstić information content (AvgIpc) is 3.24. The van der Waals surface area contributed by atoms with Crippen molar-refractivity contribution in [2.45, 2.75) is 64.8 Å². The molecule has 2 aliphatic rings. The van der Waals surface area contributed by atoms with Crippen molar-refractivity contribution in [2.75, 3.05) is 26.2 Å². The molecule has 0 aromatic carbocycles. The molecule has 2 fully saturated rings. The second-order valence-electron chi connectivity index (χ2n) is 6.95. The monoisotopic (exact) mass is 334 g/mol. The molecule has 4 heteroatoms. The fraction of sp³-hybridized carbons (Fsp3) is 0.737. The number of nitrogens with zero attached hydrogens (tertiary/aromatic N) is 2. The lowest BCUT2D eigenvalue weighted by Crippen LogP contribution is -2.48. The standard InChI is InChI=1S/C19H30N2OS/c1-3-8-17-15(4-2)13-18(23-17)19(22)21-12-7-9-16(14-21)20-10-5-6-11-20/h13,16H,3-12,14H2,1-2H3/t16-/m0/s1. The van der Waals surface area contributed by atoms with Crippen LogP contribution in [0.1, 0.15) is 66.1 Å². The summed E-state index contributed by atoms with van der Waals surface area (Å²) in [6, 6.07) is 2.76. The number of carbonyl (C=O) groups is 1. The van der Waals surface area contributed by atoms with E-state index in [0.717, 1.165) is 43.6 Å². The van der Waals surface area contributed by atoms with Crippen molar-refractivity contribution in [1.82, 2.24) is 9.80 Å². The first-order valence-electron chi connectivity index (χ1n) is 9.37. The lowest BCUT2D eigenvalue weighted by molar-refractivity contribution is 0.0612. The van der Waals surface area contributed by atoms with Crippen LogP contribution in [-0.4, -0.2) is 47.9 Å². The molecule has 128 valence electrons. The van der Waals surface area contributed by atoms with Crippen LogP contribution in [0.4, 0.5) is 0 Å². The van der Waals surface area contributed by atoms with Crippen LogP contribution < -0.4 is 0 Å². The van der Waals surface area contributed by atoms with Crippen LogP contribution in [0.3, 0.4) is 0 Å². The van der Waals surface area contributed by atoms with E-state index in [4.69, 9.17) is 0 Å². The quantitative estimate of drug-likeness (QED) is 0.813. The lowest BCUT2D eigenvalue weighted by atomic mass is 10.0. The summed E-state index contributed by atoms with van der Waals surface area (Å²) >= 11 is 1.74. The summed E-state index contributed by atoms with van der Waals surface area (Å²) < 4.78 is 0. The van der Waals surface area contributed by atoms with Crippen LogP contribution in [0, 0.1) is 0 Å². The Kier molecular flexibility index (Phi) is 5.76. The maximum absolute atomic E-state index is 13.0. The molecule has 0 unspecified atom stereocenters. The molecule has 2 aliphatic heterocycles. The summed E-state index contributed by atoms with van der Waals surface area (Å²) in [5.74, 6) is 0.274. The predicted octanol–water partition coefficient (Wildman–Crippen LogP) is 3.96. The van der Waals surface area contributed by atoms with Gasteiger partial charge in [-0.25, -0.2) is 0 Å². The first-order chi connectivity index (χ1) is 11.2. The minimum atomic E-state index is 0.274. The highest BCUT2D eigenvalue weighted by atomic mass is 32.1. The molecule has 0 N–H and O–H groups in total. The molecule has 0 saturated carbocycles. The van der Waals surface area contributed by atoms with Gasteiger partial charge < -0.3 is 4.90 Å². The summed E-state index contributed by atoms with van der Waals surface area (Å²) in [6.45, 7) is 8.73. The van der Waals surface area contributed by atoms with Crippen LogP contribution in [0.5, 0.6) is 0 Å². The minimum Gasteiger partial charge on any atom is -0.336 e. The second-order valence-corrected chi connectivity index (χ2v) is 8.09. The third kappa shape index (κ3) is 3.80. The van der Waals surface area contributed by atoms with Gasteiger partial charge in [0.1, 0.15) is 0 Å². The Morgan fingerprint density at radius 1 is 1.22 bits per heavy atom. The molecule has 2 saturated heterocycles. The highest BCUT2D eigenvalue weighted by molar-refractivity contribution is 7.14. The Hall–Kier alpha value is -0.870. The number of hydrogen-bond donors (Lipinski definition) is 0. The fourth-order valence-corrected chi connectivity index (χ4v) is 5.33. The normalized spacial score (nSPS) is 22.7. The van der Waals surface area contributed by atoms with Crippen LogP contribution >= 0.6 is 11.3 Å². The van der Waals surface area contributed by atoms with E-state index in [0.29, 0.717) is 6.04 Å². The van der Waals surface area contributed by atoms with Gasteiger partial charge in [0, 0.05) is 24.0 Å². The first-order valence-corrected chi connectivity index (χ1v) is 10.2. The van der Waals surface area contributed by atoms with Crippen molar-refractivity contribution in [3.63, 3.8) is 0 Å². The summed E-state index contributed by atoms with van der Waals surface area (Å²) in [7, 11) is 0. The Labute approximate surface area is 144 Å². The number of piperidine rings is 1. The molecule has 3 nitrogen and oxygen atoms in total. The van der Waals surface area contributed by atoms with Gasteiger partial charge in [0.2, 0.25) is 0 Å². The van der Waals surface area contributed by atoms with Crippen molar-refractivity contribution in [1.29, 1.82) is 0 Å². The Morgan fingerprint density at radius 3 is 2.70 bits per heavy atom. The van der Waals surface area contributed by atoms with E-state index in [1.807, 2.05) is 0 Å². The molecule has 1 aromatic rings. The van der Waals surface area contributed by atoms with Gasteiger partial charge in [0.15, 0.2) is 0 Å². The van der Waals surface area contributed by atoms with Crippen molar-refractivity contribution in [3.8, 4) is 0 Å². The number of thiophene rings is 1.